The van der Waals surface area contributed by atoms with Crippen molar-refractivity contribution in [3.05, 3.63) is 45.2 Å². The lowest BCUT2D eigenvalue weighted by atomic mass is 9.91. The summed E-state index contributed by atoms with van der Waals surface area (Å²) < 4.78 is 1.57. The lowest BCUT2D eigenvalue weighted by Crippen LogP contribution is -2.22. The number of carboxylic acid groups (broad SMARTS) is 1. The number of aromatic nitrogens is 2. The number of rotatable bonds is 3. The lowest BCUT2D eigenvalue weighted by Gasteiger charge is -2.23. The molecule has 27 heavy (non-hydrogen) atoms. The van der Waals surface area contributed by atoms with Gasteiger partial charge in [0.2, 0.25) is 0 Å². The number of hydrogen-bond donors (Lipinski definition) is 1. The minimum atomic E-state index is -1.02. The molecule has 2 heterocycles. The molecule has 0 saturated heterocycles. The molecule has 0 aliphatic heterocycles. The zero-order chi connectivity index (χ0) is 20.1. The fourth-order valence-electron chi connectivity index (χ4n) is 3.23. The summed E-state index contributed by atoms with van der Waals surface area (Å²) in [7, 11) is 3.61. The summed E-state index contributed by atoms with van der Waals surface area (Å²) in [5, 5.41) is 10.8. The number of nitrogens with zero attached hydrogens (tertiary/aromatic N) is 3. The molecule has 0 radical (unpaired) electrons. The van der Waals surface area contributed by atoms with Gasteiger partial charge in [-0.1, -0.05) is 32.4 Å². The van der Waals surface area contributed by atoms with Gasteiger partial charge in [-0.15, -0.1) is 0 Å². The maximum Gasteiger partial charge on any atom is 0.323 e. The second kappa shape index (κ2) is 6.53. The van der Waals surface area contributed by atoms with Gasteiger partial charge in [0.25, 0.3) is 0 Å². The van der Waals surface area contributed by atoms with E-state index < -0.39 is 5.97 Å². The summed E-state index contributed by atoms with van der Waals surface area (Å²) in [4.78, 5) is 31.2. The monoisotopic (exact) mass is 387 g/mol. The summed E-state index contributed by atoms with van der Waals surface area (Å²) in [5.41, 5.74) is 1.78. The number of pyridine rings is 2. The average molecular weight is 388 g/mol. The van der Waals surface area contributed by atoms with Gasteiger partial charge in [0, 0.05) is 30.6 Å². The van der Waals surface area contributed by atoms with E-state index >= 15 is 0 Å². The van der Waals surface area contributed by atoms with Gasteiger partial charge in [-0.3, -0.25) is 9.59 Å². The molecule has 6 nitrogen and oxygen atoms in total. The second-order valence-electron chi connectivity index (χ2n) is 7.81. The van der Waals surface area contributed by atoms with Crippen molar-refractivity contribution in [2.24, 2.45) is 0 Å². The minimum absolute atomic E-state index is 0.186. The Morgan fingerprint density at radius 3 is 2.37 bits per heavy atom. The van der Waals surface area contributed by atoms with Crippen molar-refractivity contribution in [1.82, 2.24) is 9.55 Å². The fraction of sp³-hybridized carbons (Fsp3) is 0.350. The number of fused-ring (bicyclic) bond motifs is 2. The van der Waals surface area contributed by atoms with Crippen molar-refractivity contribution < 1.29 is 9.90 Å². The van der Waals surface area contributed by atoms with Crippen LogP contribution >= 0.6 is 11.6 Å². The molecule has 0 aliphatic rings. The van der Waals surface area contributed by atoms with Crippen LogP contribution in [0.5, 0.6) is 0 Å². The first-order valence-corrected chi connectivity index (χ1v) is 8.95. The van der Waals surface area contributed by atoms with E-state index in [4.69, 9.17) is 11.6 Å². The maximum absolute atomic E-state index is 13.1. The first-order valence-electron chi connectivity index (χ1n) is 8.57. The highest BCUT2D eigenvalue weighted by Crippen LogP contribution is 2.34. The highest BCUT2D eigenvalue weighted by Gasteiger charge is 2.22. The highest BCUT2D eigenvalue weighted by atomic mass is 35.5. The third-order valence-corrected chi connectivity index (χ3v) is 4.81. The van der Waals surface area contributed by atoms with Gasteiger partial charge in [0.1, 0.15) is 12.2 Å². The Kier molecular flexibility index (Phi) is 4.64. The van der Waals surface area contributed by atoms with Gasteiger partial charge in [-0.25, -0.2) is 4.98 Å². The topological polar surface area (TPSA) is 75.4 Å². The van der Waals surface area contributed by atoms with Crippen LogP contribution in [0.3, 0.4) is 0 Å². The van der Waals surface area contributed by atoms with Gasteiger partial charge < -0.3 is 14.6 Å². The zero-order valence-corrected chi connectivity index (χ0v) is 16.8. The number of benzene rings is 1. The number of carboxylic acids is 1. The van der Waals surface area contributed by atoms with Crippen LogP contribution in [0.4, 0.5) is 5.69 Å². The van der Waals surface area contributed by atoms with E-state index in [2.05, 4.69) is 4.98 Å². The van der Waals surface area contributed by atoms with Gasteiger partial charge in [0.05, 0.1) is 21.6 Å². The predicted molar refractivity (Wildman–Crippen MR) is 109 cm³/mol. The average Bonchev–Trinajstić information content (AvgIpc) is 2.56. The summed E-state index contributed by atoms with van der Waals surface area (Å²) in [5.74, 6) is -1.02. The molecule has 0 fully saturated rings. The molecule has 0 bridgehead atoms. The molecule has 1 N–H and O–H groups in total. The highest BCUT2D eigenvalue weighted by molar-refractivity contribution is 6.35. The van der Waals surface area contributed by atoms with Crippen LogP contribution in [-0.2, 0) is 16.8 Å². The van der Waals surface area contributed by atoms with Crippen LogP contribution < -0.4 is 10.3 Å². The molecule has 0 aliphatic carbocycles. The molecular formula is C20H22ClN3O3. The molecule has 1 aromatic carbocycles. The Morgan fingerprint density at radius 1 is 1.19 bits per heavy atom. The molecule has 142 valence electrons. The molecule has 7 heteroatoms. The fourth-order valence-corrected chi connectivity index (χ4v) is 3.55. The first-order chi connectivity index (χ1) is 12.5. The van der Waals surface area contributed by atoms with E-state index in [9.17, 15) is 14.7 Å². The summed E-state index contributed by atoms with van der Waals surface area (Å²) in [6, 6.07) is 6.85. The molecular weight excluding hydrogens is 366 g/mol. The number of carbonyl (C=O) groups is 1. The van der Waals surface area contributed by atoms with Crippen LogP contribution in [0.2, 0.25) is 5.02 Å². The molecule has 0 spiro atoms. The van der Waals surface area contributed by atoms with E-state index in [1.807, 2.05) is 26.8 Å². The molecule has 2 aromatic heterocycles. The van der Waals surface area contributed by atoms with E-state index in [0.29, 0.717) is 32.6 Å². The van der Waals surface area contributed by atoms with Gasteiger partial charge in [-0.05, 0) is 24.3 Å². The van der Waals surface area contributed by atoms with Crippen molar-refractivity contribution in [1.29, 1.82) is 0 Å². The van der Waals surface area contributed by atoms with Crippen LogP contribution in [0.25, 0.3) is 21.9 Å². The van der Waals surface area contributed by atoms with Crippen molar-refractivity contribution in [3.63, 3.8) is 0 Å². The van der Waals surface area contributed by atoms with Crippen LogP contribution in [0, 0.1) is 0 Å². The SMILES string of the molecule is CN(C)c1c(Cl)ccc2c(=O)c3ccc(C(C)(C)C)nc3n(CC(=O)O)c12. The Hall–Kier alpha value is -2.60. The number of aliphatic carboxylic acids is 1. The number of hydrogen-bond acceptors (Lipinski definition) is 4. The first kappa shape index (κ1) is 19.2. The molecule has 3 aromatic rings. The van der Waals surface area contributed by atoms with Gasteiger partial charge in [0.15, 0.2) is 5.43 Å². The van der Waals surface area contributed by atoms with Crippen molar-refractivity contribution in [3.8, 4) is 0 Å². The largest absolute Gasteiger partial charge is 0.480 e. The van der Waals surface area contributed by atoms with E-state index in [0.717, 1.165) is 5.69 Å². The second-order valence-corrected chi connectivity index (χ2v) is 8.22. The van der Waals surface area contributed by atoms with Crippen LogP contribution in [0.15, 0.2) is 29.1 Å². The van der Waals surface area contributed by atoms with E-state index in [-0.39, 0.29) is 17.4 Å². The molecule has 0 amide bonds. The molecule has 3 rings (SSSR count). The standard InChI is InChI=1S/C20H22ClN3O3/c1-20(2,3)14-9-7-12-18(27)11-6-8-13(21)17(23(4)5)16(11)24(10-15(25)26)19(12)22-14/h6-9H,10H2,1-5H3,(H,25,26). The van der Waals surface area contributed by atoms with Crippen LogP contribution in [0.1, 0.15) is 26.5 Å². The summed E-state index contributed by atoms with van der Waals surface area (Å²) in [6.45, 7) is 5.73. The number of anilines is 1. The normalized spacial score (nSPS) is 11.9. The lowest BCUT2D eigenvalue weighted by molar-refractivity contribution is -0.137. The van der Waals surface area contributed by atoms with Gasteiger partial charge >= 0.3 is 5.97 Å². The number of halogens is 1. The third-order valence-electron chi connectivity index (χ3n) is 4.50. The van der Waals surface area contributed by atoms with E-state index in [1.54, 1.807) is 41.8 Å². The van der Waals surface area contributed by atoms with E-state index in [1.165, 1.54) is 0 Å². The molecule has 0 saturated carbocycles. The molecule has 0 atom stereocenters. The predicted octanol–water partition coefficient (Wildman–Crippen LogP) is 3.65. The molecule has 0 unspecified atom stereocenters. The Labute approximate surface area is 162 Å². The van der Waals surface area contributed by atoms with Crippen molar-refractivity contribution >= 4 is 45.2 Å². The summed E-state index contributed by atoms with van der Waals surface area (Å²) >= 11 is 6.39. The smallest absolute Gasteiger partial charge is 0.323 e. The minimum Gasteiger partial charge on any atom is -0.480 e. The van der Waals surface area contributed by atoms with Gasteiger partial charge in [-0.2, -0.15) is 0 Å². The summed E-state index contributed by atoms with van der Waals surface area (Å²) in [6.07, 6.45) is 0. The maximum atomic E-state index is 13.1. The Balaban J connectivity index is 2.61. The third kappa shape index (κ3) is 3.25. The zero-order valence-electron chi connectivity index (χ0n) is 16.0. The van der Waals surface area contributed by atoms with Crippen LogP contribution in [-0.4, -0.2) is 34.7 Å². The van der Waals surface area contributed by atoms with Crippen molar-refractivity contribution in [2.45, 2.75) is 32.7 Å². The quantitative estimate of drug-likeness (QED) is 0.694. The Bertz CT molecular complexity index is 1130. The van der Waals surface area contributed by atoms with Crippen molar-refractivity contribution in [2.75, 3.05) is 19.0 Å². The Morgan fingerprint density at radius 2 is 1.81 bits per heavy atom.